The fourth-order valence-corrected chi connectivity index (χ4v) is 4.31. The van der Waals surface area contributed by atoms with Crippen LogP contribution in [0, 0.1) is 17.2 Å². The molecule has 3 atom stereocenters. The molecule has 0 spiro atoms. The highest BCUT2D eigenvalue weighted by atomic mass is 16.2. The van der Waals surface area contributed by atoms with Gasteiger partial charge < -0.3 is 4.90 Å². The van der Waals surface area contributed by atoms with Crippen LogP contribution in [0.15, 0.2) is 9.59 Å². The molecule has 1 aliphatic carbocycles. The molecule has 2 fully saturated rings. The summed E-state index contributed by atoms with van der Waals surface area (Å²) in [7, 11) is 3.08. The lowest BCUT2D eigenvalue weighted by Gasteiger charge is -2.36. The lowest BCUT2D eigenvalue weighted by Crippen LogP contribution is -2.46. The minimum atomic E-state index is -0.493. The largest absolute Gasteiger partial charge is 0.351 e. The molecular formula is C16H22N4O2. The van der Waals surface area contributed by atoms with Gasteiger partial charge in [0.25, 0.3) is 5.56 Å². The highest BCUT2D eigenvalue weighted by molar-refractivity contribution is 5.56. The summed E-state index contributed by atoms with van der Waals surface area (Å²) in [5.41, 5.74) is -0.778. The van der Waals surface area contributed by atoms with Crippen molar-refractivity contribution < 1.29 is 0 Å². The Morgan fingerprint density at radius 1 is 1.14 bits per heavy atom. The van der Waals surface area contributed by atoms with Gasteiger partial charge in [-0.3, -0.25) is 13.9 Å². The van der Waals surface area contributed by atoms with E-state index in [0.717, 1.165) is 17.4 Å². The summed E-state index contributed by atoms with van der Waals surface area (Å²) in [6.45, 7) is 2.13. The Hall–Kier alpha value is -2.03. The molecule has 0 aromatic carbocycles. The van der Waals surface area contributed by atoms with E-state index in [1.165, 1.54) is 30.9 Å². The van der Waals surface area contributed by atoms with Gasteiger partial charge in [0.2, 0.25) is 0 Å². The SMILES string of the molecule is C[C@@H]1C[C@@H]2CCCC[C@@H]2N1c1c(C#N)c(=O)n(C)c(=O)n1C. The summed E-state index contributed by atoms with van der Waals surface area (Å²) in [6, 6.07) is 2.62. The van der Waals surface area contributed by atoms with Gasteiger partial charge in [-0.1, -0.05) is 12.8 Å². The summed E-state index contributed by atoms with van der Waals surface area (Å²) in [5, 5.41) is 9.48. The first-order chi connectivity index (χ1) is 10.5. The van der Waals surface area contributed by atoms with Crippen LogP contribution in [0.4, 0.5) is 5.82 Å². The Labute approximate surface area is 129 Å². The van der Waals surface area contributed by atoms with Crippen molar-refractivity contribution in [3.63, 3.8) is 0 Å². The van der Waals surface area contributed by atoms with Gasteiger partial charge in [0, 0.05) is 26.2 Å². The standard InChI is InChI=1S/C16H22N4O2/c1-10-8-11-6-4-5-7-13(11)20(10)14-12(9-17)15(21)19(3)16(22)18(14)2/h10-11,13H,4-8H2,1-3H3/t10-,11+,13+/m1/s1. The van der Waals surface area contributed by atoms with Gasteiger partial charge in [-0.05, 0) is 32.1 Å². The smallest absolute Gasteiger partial charge is 0.332 e. The first-order valence-corrected chi connectivity index (χ1v) is 7.95. The Morgan fingerprint density at radius 3 is 2.50 bits per heavy atom. The molecule has 0 bridgehead atoms. The first-order valence-electron chi connectivity index (χ1n) is 7.95. The lowest BCUT2D eigenvalue weighted by molar-refractivity contribution is 0.340. The molecule has 6 nitrogen and oxygen atoms in total. The highest BCUT2D eigenvalue weighted by Crippen LogP contribution is 2.42. The van der Waals surface area contributed by atoms with Gasteiger partial charge in [0.1, 0.15) is 11.9 Å². The number of rotatable bonds is 1. The van der Waals surface area contributed by atoms with Crippen LogP contribution in [0.1, 0.15) is 44.6 Å². The van der Waals surface area contributed by atoms with Crippen LogP contribution in [-0.2, 0) is 14.1 Å². The van der Waals surface area contributed by atoms with Crippen molar-refractivity contribution in [2.75, 3.05) is 4.90 Å². The molecule has 0 amide bonds. The zero-order chi connectivity index (χ0) is 16.0. The van der Waals surface area contributed by atoms with E-state index >= 15 is 0 Å². The van der Waals surface area contributed by atoms with Crippen LogP contribution < -0.4 is 16.1 Å². The molecule has 1 aliphatic heterocycles. The topological polar surface area (TPSA) is 71.0 Å². The second kappa shape index (κ2) is 5.31. The molecule has 22 heavy (non-hydrogen) atoms. The van der Waals surface area contributed by atoms with Gasteiger partial charge in [-0.2, -0.15) is 5.26 Å². The number of hydrogen-bond donors (Lipinski definition) is 0. The number of fused-ring (bicyclic) bond motifs is 1. The number of nitriles is 1. The van der Waals surface area contributed by atoms with E-state index in [2.05, 4.69) is 11.8 Å². The molecule has 1 saturated heterocycles. The third kappa shape index (κ3) is 1.99. The summed E-state index contributed by atoms with van der Waals surface area (Å²) >= 11 is 0. The van der Waals surface area contributed by atoms with E-state index in [-0.39, 0.29) is 17.3 Å². The molecule has 1 aromatic rings. The molecular weight excluding hydrogens is 280 g/mol. The molecule has 3 rings (SSSR count). The Balaban J connectivity index is 2.22. The number of aromatic nitrogens is 2. The van der Waals surface area contributed by atoms with Crippen molar-refractivity contribution in [3.8, 4) is 6.07 Å². The Morgan fingerprint density at radius 2 is 1.82 bits per heavy atom. The maximum atomic E-state index is 12.3. The maximum Gasteiger partial charge on any atom is 0.332 e. The van der Waals surface area contributed by atoms with Crippen LogP contribution >= 0.6 is 0 Å². The van der Waals surface area contributed by atoms with Gasteiger partial charge in [-0.25, -0.2) is 4.79 Å². The summed E-state index contributed by atoms with van der Waals surface area (Å²) < 4.78 is 2.48. The molecule has 2 heterocycles. The normalized spacial score (nSPS) is 27.5. The molecule has 0 N–H and O–H groups in total. The fourth-order valence-electron chi connectivity index (χ4n) is 4.31. The van der Waals surface area contributed by atoms with Gasteiger partial charge in [0.15, 0.2) is 5.56 Å². The molecule has 0 unspecified atom stereocenters. The van der Waals surface area contributed by atoms with E-state index in [1.54, 1.807) is 7.05 Å². The summed E-state index contributed by atoms with van der Waals surface area (Å²) in [4.78, 5) is 26.8. The average Bonchev–Trinajstić information content (AvgIpc) is 2.84. The van der Waals surface area contributed by atoms with Crippen LogP contribution in [-0.4, -0.2) is 21.2 Å². The Kier molecular flexibility index (Phi) is 3.59. The third-order valence-corrected chi connectivity index (χ3v) is 5.34. The second-order valence-electron chi connectivity index (χ2n) is 6.62. The van der Waals surface area contributed by atoms with Gasteiger partial charge in [-0.15, -0.1) is 0 Å². The lowest BCUT2D eigenvalue weighted by atomic mass is 9.85. The van der Waals surface area contributed by atoms with Crippen LogP contribution in [0.2, 0.25) is 0 Å². The molecule has 0 radical (unpaired) electrons. The van der Waals surface area contributed by atoms with Gasteiger partial charge in [0.05, 0.1) is 0 Å². The second-order valence-corrected chi connectivity index (χ2v) is 6.62. The predicted molar refractivity (Wildman–Crippen MR) is 83.9 cm³/mol. The Bertz CT molecular complexity index is 755. The predicted octanol–water partition coefficient (Wildman–Crippen LogP) is 1.11. The van der Waals surface area contributed by atoms with Crippen LogP contribution in [0.25, 0.3) is 0 Å². The molecule has 2 aliphatic rings. The van der Waals surface area contributed by atoms with Crippen molar-refractivity contribution >= 4 is 5.82 Å². The van der Waals surface area contributed by atoms with Crippen molar-refractivity contribution in [1.29, 1.82) is 5.26 Å². The minimum absolute atomic E-state index is 0.0858. The number of anilines is 1. The van der Waals surface area contributed by atoms with E-state index in [0.29, 0.717) is 17.8 Å². The summed E-state index contributed by atoms with van der Waals surface area (Å²) in [5.74, 6) is 1.12. The average molecular weight is 302 g/mol. The zero-order valence-corrected chi connectivity index (χ0v) is 13.4. The monoisotopic (exact) mass is 302 g/mol. The van der Waals surface area contributed by atoms with Crippen LogP contribution in [0.5, 0.6) is 0 Å². The minimum Gasteiger partial charge on any atom is -0.351 e. The first kappa shape index (κ1) is 14.9. The van der Waals surface area contributed by atoms with Crippen molar-refractivity contribution in [2.45, 2.75) is 51.1 Å². The number of hydrogen-bond acceptors (Lipinski definition) is 4. The zero-order valence-electron chi connectivity index (χ0n) is 13.4. The van der Waals surface area contributed by atoms with Crippen LogP contribution in [0.3, 0.4) is 0 Å². The van der Waals surface area contributed by atoms with Crippen molar-refractivity contribution in [1.82, 2.24) is 9.13 Å². The maximum absolute atomic E-state index is 12.3. The molecule has 118 valence electrons. The molecule has 6 heteroatoms. The van der Waals surface area contributed by atoms with E-state index < -0.39 is 5.56 Å². The highest BCUT2D eigenvalue weighted by Gasteiger charge is 2.42. The van der Waals surface area contributed by atoms with Gasteiger partial charge >= 0.3 is 5.69 Å². The molecule has 1 saturated carbocycles. The third-order valence-electron chi connectivity index (χ3n) is 5.34. The quantitative estimate of drug-likeness (QED) is 0.779. The van der Waals surface area contributed by atoms with Crippen molar-refractivity contribution in [2.24, 2.45) is 20.0 Å². The fraction of sp³-hybridized carbons (Fsp3) is 0.688. The van der Waals surface area contributed by atoms with E-state index in [4.69, 9.17) is 0 Å². The van der Waals surface area contributed by atoms with E-state index in [1.807, 2.05) is 6.07 Å². The summed E-state index contributed by atoms with van der Waals surface area (Å²) in [6.07, 6.45) is 5.77. The van der Waals surface area contributed by atoms with E-state index in [9.17, 15) is 14.9 Å². The molecule has 1 aromatic heterocycles. The van der Waals surface area contributed by atoms with Crippen molar-refractivity contribution in [3.05, 3.63) is 26.4 Å². The number of nitrogens with zero attached hydrogens (tertiary/aromatic N) is 4.